The summed E-state index contributed by atoms with van der Waals surface area (Å²) in [6.45, 7) is 7.16. The van der Waals surface area contributed by atoms with E-state index in [1.807, 2.05) is 18.7 Å². The molecule has 0 spiro atoms. The summed E-state index contributed by atoms with van der Waals surface area (Å²) < 4.78 is 0. The van der Waals surface area contributed by atoms with E-state index in [1.54, 1.807) is 37.8 Å². The highest BCUT2D eigenvalue weighted by molar-refractivity contribution is 8.03. The van der Waals surface area contributed by atoms with Crippen LogP contribution in [0.5, 0.6) is 0 Å². The standard InChI is InChI=1S/C22H36N8O4S/c1-12(24-18(31)10-17-25-27-29(6)26-17)7-8-30-14(3)13(2)20(19(30)22(33)34)35-15-9-16(23-11-15)21(32)28(4)5/h12-16,23H,7-11H2,1-6H3,(H,24,31)(H,33,34)/t12-,13-,14+,15+,16+/m1/s1. The number of hydrogen-bond acceptors (Lipinski definition) is 9. The Balaban J connectivity index is 1.60. The molecule has 0 aliphatic carbocycles. The Labute approximate surface area is 209 Å². The number of carboxylic acid groups (broad SMARTS) is 1. The van der Waals surface area contributed by atoms with Crippen molar-refractivity contribution in [3.05, 3.63) is 16.4 Å². The largest absolute Gasteiger partial charge is 0.477 e. The highest BCUT2D eigenvalue weighted by atomic mass is 32.2. The van der Waals surface area contributed by atoms with Gasteiger partial charge in [0, 0.05) is 55.3 Å². The molecule has 0 saturated carbocycles. The number of rotatable bonds is 10. The minimum Gasteiger partial charge on any atom is -0.477 e. The number of nitrogens with zero attached hydrogens (tertiary/aromatic N) is 6. The second kappa shape index (κ2) is 11.4. The number of carbonyl (C=O) groups excluding carboxylic acids is 2. The van der Waals surface area contributed by atoms with Crippen LogP contribution in [0.1, 0.15) is 39.4 Å². The summed E-state index contributed by atoms with van der Waals surface area (Å²) in [6, 6.07) is -0.364. The number of aliphatic carboxylic acids is 1. The summed E-state index contributed by atoms with van der Waals surface area (Å²) in [5, 5.41) is 28.0. The van der Waals surface area contributed by atoms with E-state index in [4.69, 9.17) is 0 Å². The fourth-order valence-electron chi connectivity index (χ4n) is 4.50. The van der Waals surface area contributed by atoms with Crippen molar-refractivity contribution in [3.63, 3.8) is 0 Å². The molecule has 5 atom stereocenters. The number of carboxylic acids is 1. The third kappa shape index (κ3) is 6.51. The Morgan fingerprint density at radius 2 is 2.03 bits per heavy atom. The molecule has 1 saturated heterocycles. The lowest BCUT2D eigenvalue weighted by atomic mass is 10.1. The van der Waals surface area contributed by atoms with Crippen molar-refractivity contribution in [2.45, 2.75) is 63.4 Å². The second-order valence-corrected chi connectivity index (χ2v) is 10.9. The van der Waals surface area contributed by atoms with Gasteiger partial charge in [-0.1, -0.05) is 6.92 Å². The smallest absolute Gasteiger partial charge is 0.353 e. The molecular formula is C22H36N8O4S. The predicted molar refractivity (Wildman–Crippen MR) is 131 cm³/mol. The topological polar surface area (TPSA) is 146 Å². The molecule has 1 aromatic rings. The van der Waals surface area contributed by atoms with Gasteiger partial charge < -0.3 is 25.5 Å². The van der Waals surface area contributed by atoms with Crippen LogP contribution < -0.4 is 10.6 Å². The molecule has 2 amide bonds. The first-order chi connectivity index (χ1) is 16.5. The maximum Gasteiger partial charge on any atom is 0.353 e. The molecule has 1 fully saturated rings. The first kappa shape index (κ1) is 26.9. The predicted octanol–water partition coefficient (Wildman–Crippen LogP) is -0.164. The third-order valence-electron chi connectivity index (χ3n) is 6.55. The van der Waals surface area contributed by atoms with E-state index in [0.717, 1.165) is 4.91 Å². The number of thioether (sulfide) groups is 1. The molecule has 0 aromatic carbocycles. The van der Waals surface area contributed by atoms with E-state index in [9.17, 15) is 19.5 Å². The summed E-state index contributed by atoms with van der Waals surface area (Å²) >= 11 is 1.58. The Hall–Kier alpha value is -2.67. The SMILES string of the molecule is C[C@H](CCN1C(C(=O)O)=C(S[C@@H]2CN[C@H](C(=O)N(C)C)C2)[C@H](C)[C@@H]1C)NC(=O)Cc1nnn(C)n1. The number of nitrogens with one attached hydrogen (secondary N) is 2. The van der Waals surface area contributed by atoms with Gasteiger partial charge in [-0.3, -0.25) is 9.59 Å². The van der Waals surface area contributed by atoms with Crippen LogP contribution in [-0.4, -0.2) is 103 Å². The zero-order valence-electron chi connectivity index (χ0n) is 21.2. The zero-order valence-corrected chi connectivity index (χ0v) is 22.0. The molecule has 2 aliphatic rings. The fourth-order valence-corrected chi connectivity index (χ4v) is 6.05. The van der Waals surface area contributed by atoms with Gasteiger partial charge in [-0.15, -0.1) is 22.0 Å². The molecule has 12 nitrogen and oxygen atoms in total. The van der Waals surface area contributed by atoms with E-state index < -0.39 is 5.97 Å². The van der Waals surface area contributed by atoms with Gasteiger partial charge in [0.05, 0.1) is 19.5 Å². The van der Waals surface area contributed by atoms with Gasteiger partial charge in [-0.05, 0) is 31.9 Å². The van der Waals surface area contributed by atoms with Crippen molar-refractivity contribution < 1.29 is 19.5 Å². The molecule has 0 radical (unpaired) electrons. The summed E-state index contributed by atoms with van der Waals surface area (Å²) in [5.74, 6) is -0.688. The highest BCUT2D eigenvalue weighted by Gasteiger charge is 2.41. The van der Waals surface area contributed by atoms with Crippen LogP contribution in [0, 0.1) is 5.92 Å². The van der Waals surface area contributed by atoms with Crippen molar-refractivity contribution in [2.24, 2.45) is 13.0 Å². The number of aryl methyl sites for hydroxylation is 1. The maximum absolute atomic E-state index is 12.3. The van der Waals surface area contributed by atoms with Gasteiger partial charge in [0.15, 0.2) is 5.82 Å². The Kier molecular flexibility index (Phi) is 8.75. The van der Waals surface area contributed by atoms with E-state index in [2.05, 4.69) is 33.0 Å². The van der Waals surface area contributed by atoms with Crippen LogP contribution in [0.3, 0.4) is 0 Å². The molecule has 1 aromatic heterocycles. The van der Waals surface area contributed by atoms with Gasteiger partial charge in [-0.2, -0.15) is 4.80 Å². The molecule has 35 heavy (non-hydrogen) atoms. The average Bonchev–Trinajstić information content (AvgIpc) is 3.47. The minimum atomic E-state index is -0.944. The highest BCUT2D eigenvalue weighted by Crippen LogP contribution is 2.43. The van der Waals surface area contributed by atoms with Crippen molar-refractivity contribution in [3.8, 4) is 0 Å². The Morgan fingerprint density at radius 3 is 2.63 bits per heavy atom. The molecular weight excluding hydrogens is 472 g/mol. The third-order valence-corrected chi connectivity index (χ3v) is 8.07. The summed E-state index contributed by atoms with van der Waals surface area (Å²) in [4.78, 5) is 42.6. The van der Waals surface area contributed by atoms with E-state index in [1.165, 1.54) is 4.80 Å². The quantitative estimate of drug-likeness (QED) is 0.389. The van der Waals surface area contributed by atoms with Crippen molar-refractivity contribution in [1.82, 2.24) is 40.6 Å². The van der Waals surface area contributed by atoms with Gasteiger partial charge in [-0.25, -0.2) is 4.79 Å². The Bertz CT molecular complexity index is 980. The van der Waals surface area contributed by atoms with Gasteiger partial charge in [0.2, 0.25) is 11.8 Å². The summed E-state index contributed by atoms with van der Waals surface area (Å²) in [7, 11) is 5.12. The fraction of sp³-hybridized carbons (Fsp3) is 0.727. The molecule has 3 rings (SSSR count). The molecule has 0 unspecified atom stereocenters. The molecule has 2 aliphatic heterocycles. The van der Waals surface area contributed by atoms with Crippen LogP contribution in [0.4, 0.5) is 0 Å². The second-order valence-electron chi connectivity index (χ2n) is 9.54. The van der Waals surface area contributed by atoms with Crippen LogP contribution in [0.25, 0.3) is 0 Å². The van der Waals surface area contributed by atoms with Gasteiger partial charge in [0.1, 0.15) is 5.70 Å². The normalized spacial score (nSPS) is 25.1. The monoisotopic (exact) mass is 508 g/mol. The van der Waals surface area contributed by atoms with Crippen LogP contribution in [-0.2, 0) is 27.9 Å². The van der Waals surface area contributed by atoms with E-state index in [-0.39, 0.29) is 47.5 Å². The van der Waals surface area contributed by atoms with E-state index >= 15 is 0 Å². The number of tetrazole rings is 1. The molecule has 0 bridgehead atoms. The van der Waals surface area contributed by atoms with Crippen molar-refractivity contribution >= 4 is 29.5 Å². The number of amides is 2. The maximum atomic E-state index is 12.3. The van der Waals surface area contributed by atoms with Crippen LogP contribution in [0.15, 0.2) is 10.6 Å². The first-order valence-corrected chi connectivity index (χ1v) is 12.7. The van der Waals surface area contributed by atoms with Crippen molar-refractivity contribution in [1.29, 1.82) is 0 Å². The number of aromatic nitrogens is 4. The average molecular weight is 509 g/mol. The molecule has 13 heteroatoms. The van der Waals surface area contributed by atoms with Crippen LogP contribution in [0.2, 0.25) is 0 Å². The number of likely N-dealkylation sites (N-methyl/N-ethyl adjacent to an activating group) is 1. The number of hydrogen-bond donors (Lipinski definition) is 3. The van der Waals surface area contributed by atoms with Gasteiger partial charge in [0.25, 0.3) is 0 Å². The lowest BCUT2D eigenvalue weighted by Crippen LogP contribution is -2.39. The van der Waals surface area contributed by atoms with Gasteiger partial charge >= 0.3 is 5.97 Å². The molecule has 194 valence electrons. The zero-order chi connectivity index (χ0) is 25.9. The summed E-state index contributed by atoms with van der Waals surface area (Å²) in [5.41, 5.74) is 0.333. The lowest BCUT2D eigenvalue weighted by molar-refractivity contribution is -0.134. The summed E-state index contributed by atoms with van der Waals surface area (Å²) in [6.07, 6.45) is 1.31. The minimum absolute atomic E-state index is 0.0175. The number of carbonyl (C=O) groups is 3. The Morgan fingerprint density at radius 1 is 1.31 bits per heavy atom. The van der Waals surface area contributed by atoms with Crippen molar-refractivity contribution in [2.75, 3.05) is 27.2 Å². The first-order valence-electron chi connectivity index (χ1n) is 11.9. The lowest BCUT2D eigenvalue weighted by Gasteiger charge is -2.28. The molecule has 3 N–H and O–H groups in total. The van der Waals surface area contributed by atoms with Crippen LogP contribution >= 0.6 is 11.8 Å². The molecule has 3 heterocycles. The van der Waals surface area contributed by atoms with E-state index in [0.29, 0.717) is 37.5 Å².